The highest BCUT2D eigenvalue weighted by Gasteiger charge is 2.14. The van der Waals surface area contributed by atoms with Gasteiger partial charge in [-0.3, -0.25) is 0 Å². The van der Waals surface area contributed by atoms with Crippen LogP contribution in [0.15, 0.2) is 18.2 Å². The molecule has 3 nitrogen and oxygen atoms in total. The average Bonchev–Trinajstić information content (AvgIpc) is 2.30. The summed E-state index contributed by atoms with van der Waals surface area (Å²) in [4.78, 5) is 0. The van der Waals surface area contributed by atoms with E-state index in [9.17, 15) is 0 Å². The summed E-state index contributed by atoms with van der Waals surface area (Å²) in [5.41, 5.74) is 2.34. The number of hydrogen-bond acceptors (Lipinski definition) is 3. The van der Waals surface area contributed by atoms with Crippen LogP contribution in [-0.2, 0) is 4.74 Å². The van der Waals surface area contributed by atoms with Crippen LogP contribution in [0.5, 0.6) is 5.75 Å². The SMILES string of the molecule is COCC(Nc1ccc(OC(C)C)cc1C)C(C)C. The van der Waals surface area contributed by atoms with Crippen LogP contribution >= 0.6 is 0 Å². The van der Waals surface area contributed by atoms with E-state index in [1.54, 1.807) is 7.11 Å². The van der Waals surface area contributed by atoms with E-state index in [4.69, 9.17) is 9.47 Å². The topological polar surface area (TPSA) is 30.5 Å². The Kier molecular flexibility index (Phi) is 6.16. The van der Waals surface area contributed by atoms with Crippen molar-refractivity contribution in [3.8, 4) is 5.75 Å². The number of rotatable bonds is 7. The van der Waals surface area contributed by atoms with Crippen molar-refractivity contribution in [1.82, 2.24) is 0 Å². The van der Waals surface area contributed by atoms with Crippen molar-refractivity contribution in [1.29, 1.82) is 0 Å². The first-order chi connectivity index (χ1) is 8.93. The van der Waals surface area contributed by atoms with Gasteiger partial charge < -0.3 is 14.8 Å². The normalized spacial score (nSPS) is 12.8. The second kappa shape index (κ2) is 7.39. The van der Waals surface area contributed by atoms with Crippen LogP contribution in [0, 0.1) is 12.8 Å². The molecule has 0 aliphatic carbocycles. The molecule has 3 heteroatoms. The lowest BCUT2D eigenvalue weighted by Gasteiger charge is -2.24. The molecule has 1 aromatic rings. The predicted molar refractivity (Wildman–Crippen MR) is 81.1 cm³/mol. The number of hydrogen-bond donors (Lipinski definition) is 1. The van der Waals surface area contributed by atoms with Gasteiger partial charge in [-0.05, 0) is 50.5 Å². The smallest absolute Gasteiger partial charge is 0.120 e. The van der Waals surface area contributed by atoms with E-state index in [1.807, 2.05) is 19.9 Å². The average molecular weight is 265 g/mol. The molecule has 0 bridgehead atoms. The summed E-state index contributed by atoms with van der Waals surface area (Å²) in [5, 5.41) is 3.55. The monoisotopic (exact) mass is 265 g/mol. The van der Waals surface area contributed by atoms with E-state index in [0.29, 0.717) is 18.6 Å². The van der Waals surface area contributed by atoms with Gasteiger partial charge in [-0.15, -0.1) is 0 Å². The van der Waals surface area contributed by atoms with Gasteiger partial charge in [0.25, 0.3) is 0 Å². The summed E-state index contributed by atoms with van der Waals surface area (Å²) in [6.07, 6.45) is 0.204. The lowest BCUT2D eigenvalue weighted by atomic mass is 10.0. The van der Waals surface area contributed by atoms with E-state index >= 15 is 0 Å². The Morgan fingerprint density at radius 3 is 2.32 bits per heavy atom. The zero-order chi connectivity index (χ0) is 14.4. The molecule has 1 N–H and O–H groups in total. The minimum atomic E-state index is 0.204. The number of ether oxygens (including phenoxy) is 2. The van der Waals surface area contributed by atoms with Crippen LogP contribution in [0.4, 0.5) is 5.69 Å². The highest BCUT2D eigenvalue weighted by Crippen LogP contribution is 2.24. The van der Waals surface area contributed by atoms with Crippen LogP contribution in [0.1, 0.15) is 33.3 Å². The van der Waals surface area contributed by atoms with Gasteiger partial charge >= 0.3 is 0 Å². The fraction of sp³-hybridized carbons (Fsp3) is 0.625. The molecule has 0 aromatic heterocycles. The van der Waals surface area contributed by atoms with Crippen LogP contribution in [0.3, 0.4) is 0 Å². The molecule has 0 aliphatic rings. The standard InChI is InChI=1S/C16H27NO2/c1-11(2)16(10-18-6)17-15-8-7-14(9-13(15)5)19-12(3)4/h7-9,11-12,16-17H,10H2,1-6H3. The molecule has 1 atom stereocenters. The first-order valence-corrected chi connectivity index (χ1v) is 6.96. The number of methoxy groups -OCH3 is 1. The molecule has 0 amide bonds. The van der Waals surface area contributed by atoms with Crippen molar-refractivity contribution in [2.45, 2.75) is 46.8 Å². The fourth-order valence-electron chi connectivity index (χ4n) is 1.92. The minimum Gasteiger partial charge on any atom is -0.491 e. The quantitative estimate of drug-likeness (QED) is 0.812. The van der Waals surface area contributed by atoms with Gasteiger partial charge in [-0.25, -0.2) is 0 Å². The molecule has 1 rings (SSSR count). The van der Waals surface area contributed by atoms with E-state index < -0.39 is 0 Å². The summed E-state index contributed by atoms with van der Waals surface area (Å²) in [5.74, 6) is 1.44. The summed E-state index contributed by atoms with van der Waals surface area (Å²) in [6.45, 7) is 11.3. The zero-order valence-corrected chi connectivity index (χ0v) is 13.0. The largest absolute Gasteiger partial charge is 0.491 e. The third-order valence-corrected chi connectivity index (χ3v) is 3.06. The molecular weight excluding hydrogens is 238 g/mol. The third-order valence-electron chi connectivity index (χ3n) is 3.06. The second-order valence-electron chi connectivity index (χ2n) is 5.59. The van der Waals surface area contributed by atoms with E-state index in [2.05, 4.69) is 38.2 Å². The molecule has 108 valence electrons. The summed E-state index contributed by atoms with van der Waals surface area (Å²) < 4.78 is 11.0. The van der Waals surface area contributed by atoms with Gasteiger partial charge in [0.05, 0.1) is 18.8 Å². The number of aryl methyl sites for hydroxylation is 1. The Hall–Kier alpha value is -1.22. The van der Waals surface area contributed by atoms with Crippen molar-refractivity contribution < 1.29 is 9.47 Å². The highest BCUT2D eigenvalue weighted by molar-refractivity contribution is 5.54. The Balaban J connectivity index is 2.78. The highest BCUT2D eigenvalue weighted by atomic mass is 16.5. The van der Waals surface area contributed by atoms with Crippen molar-refractivity contribution >= 4 is 5.69 Å². The predicted octanol–water partition coefficient (Wildman–Crippen LogP) is 3.87. The van der Waals surface area contributed by atoms with Gasteiger partial charge in [0.2, 0.25) is 0 Å². The maximum Gasteiger partial charge on any atom is 0.120 e. The van der Waals surface area contributed by atoms with Crippen LogP contribution in [0.2, 0.25) is 0 Å². The summed E-state index contributed by atoms with van der Waals surface area (Å²) in [6, 6.07) is 6.49. The minimum absolute atomic E-state index is 0.204. The molecular formula is C16H27NO2. The molecule has 1 aromatic carbocycles. The molecule has 0 saturated carbocycles. The third kappa shape index (κ3) is 5.11. The Morgan fingerprint density at radius 1 is 1.16 bits per heavy atom. The summed E-state index contributed by atoms with van der Waals surface area (Å²) in [7, 11) is 1.74. The molecule has 19 heavy (non-hydrogen) atoms. The molecule has 1 unspecified atom stereocenters. The van der Waals surface area contributed by atoms with Crippen molar-refractivity contribution in [2.75, 3.05) is 19.0 Å². The fourth-order valence-corrected chi connectivity index (χ4v) is 1.92. The first kappa shape index (κ1) is 15.8. The Labute approximate surface area is 117 Å². The van der Waals surface area contributed by atoms with E-state index in [1.165, 1.54) is 5.56 Å². The lowest BCUT2D eigenvalue weighted by Crippen LogP contribution is -2.30. The number of benzene rings is 1. The summed E-state index contributed by atoms with van der Waals surface area (Å²) >= 11 is 0. The van der Waals surface area contributed by atoms with E-state index in [-0.39, 0.29) is 6.10 Å². The van der Waals surface area contributed by atoms with Crippen LogP contribution < -0.4 is 10.1 Å². The molecule has 0 spiro atoms. The number of anilines is 1. The Bertz CT molecular complexity index is 388. The van der Waals surface area contributed by atoms with Crippen LogP contribution in [-0.4, -0.2) is 25.9 Å². The maximum absolute atomic E-state index is 5.70. The van der Waals surface area contributed by atoms with Gasteiger partial charge in [0.1, 0.15) is 5.75 Å². The lowest BCUT2D eigenvalue weighted by molar-refractivity contribution is 0.171. The van der Waals surface area contributed by atoms with Gasteiger partial charge in [-0.1, -0.05) is 13.8 Å². The molecule has 0 heterocycles. The maximum atomic E-state index is 5.70. The van der Waals surface area contributed by atoms with Gasteiger partial charge in [0, 0.05) is 12.8 Å². The van der Waals surface area contributed by atoms with Crippen molar-refractivity contribution in [3.05, 3.63) is 23.8 Å². The second-order valence-corrected chi connectivity index (χ2v) is 5.59. The van der Waals surface area contributed by atoms with Gasteiger partial charge in [-0.2, -0.15) is 0 Å². The Morgan fingerprint density at radius 2 is 1.84 bits per heavy atom. The van der Waals surface area contributed by atoms with Crippen molar-refractivity contribution in [3.63, 3.8) is 0 Å². The first-order valence-electron chi connectivity index (χ1n) is 6.96. The molecule has 0 radical (unpaired) electrons. The van der Waals surface area contributed by atoms with E-state index in [0.717, 1.165) is 11.4 Å². The van der Waals surface area contributed by atoms with Gasteiger partial charge in [0.15, 0.2) is 0 Å². The zero-order valence-electron chi connectivity index (χ0n) is 13.0. The molecule has 0 saturated heterocycles. The number of nitrogens with one attached hydrogen (secondary N) is 1. The van der Waals surface area contributed by atoms with Crippen molar-refractivity contribution in [2.24, 2.45) is 5.92 Å². The van der Waals surface area contributed by atoms with Crippen LogP contribution in [0.25, 0.3) is 0 Å². The molecule has 0 aliphatic heterocycles. The molecule has 0 fully saturated rings.